The molecule has 1 amide bonds. The summed E-state index contributed by atoms with van der Waals surface area (Å²) < 4.78 is 43.8. The first-order chi connectivity index (χ1) is 11.7. The summed E-state index contributed by atoms with van der Waals surface area (Å²) in [7, 11) is 0. The van der Waals surface area contributed by atoms with Crippen molar-refractivity contribution in [3.05, 3.63) is 57.2 Å². The van der Waals surface area contributed by atoms with Gasteiger partial charge in [0.25, 0.3) is 5.91 Å². The lowest BCUT2D eigenvalue weighted by molar-refractivity contribution is -0.390. The van der Waals surface area contributed by atoms with E-state index in [1.165, 1.54) is 18.2 Å². The first-order valence-corrected chi connectivity index (χ1v) is 6.95. The Bertz CT molecular complexity index is 814. The molecule has 0 spiro atoms. The molecule has 1 aromatic heterocycles. The summed E-state index contributed by atoms with van der Waals surface area (Å²) in [6.45, 7) is -0.769. The number of carbonyl (C=O) groups is 1. The summed E-state index contributed by atoms with van der Waals surface area (Å²) in [6, 6.07) is 5.58. The maximum absolute atomic E-state index is 12.9. The topological polar surface area (TPSA) is 94.4 Å². The number of carbonyl (C=O) groups excluding carboxylic acids is 1. The lowest BCUT2D eigenvalue weighted by Gasteiger charge is -2.15. The third kappa shape index (κ3) is 4.57. The van der Waals surface area contributed by atoms with Crippen molar-refractivity contribution >= 4 is 29.0 Å². The lowest BCUT2D eigenvalue weighted by atomic mass is 10.1. The van der Waals surface area contributed by atoms with Crippen LogP contribution in [0, 0.1) is 10.1 Å². The van der Waals surface area contributed by atoms with Gasteiger partial charge in [-0.3, -0.25) is 4.79 Å². The maximum Gasteiger partial charge on any atom is 0.418 e. The molecule has 0 fully saturated rings. The van der Waals surface area contributed by atoms with Crippen LogP contribution in [-0.4, -0.2) is 22.4 Å². The molecule has 25 heavy (non-hydrogen) atoms. The number of pyridine rings is 1. The van der Waals surface area contributed by atoms with Crippen molar-refractivity contribution in [3.8, 4) is 5.75 Å². The lowest BCUT2D eigenvalue weighted by Crippen LogP contribution is -2.23. The van der Waals surface area contributed by atoms with Gasteiger partial charge < -0.3 is 20.2 Å². The van der Waals surface area contributed by atoms with Gasteiger partial charge in [-0.15, -0.1) is 0 Å². The number of alkyl halides is 3. The molecule has 0 saturated carbocycles. The van der Waals surface area contributed by atoms with E-state index in [0.29, 0.717) is 0 Å². The number of nitrogens with one attached hydrogen (secondary N) is 1. The van der Waals surface area contributed by atoms with Crippen molar-refractivity contribution in [1.82, 2.24) is 4.98 Å². The number of ether oxygens (including phenoxy) is 1. The van der Waals surface area contributed by atoms with Crippen molar-refractivity contribution in [2.24, 2.45) is 0 Å². The largest absolute Gasteiger partial charge is 0.476 e. The van der Waals surface area contributed by atoms with Gasteiger partial charge in [-0.05, 0) is 34.2 Å². The second kappa shape index (κ2) is 7.34. The number of hydrogen-bond donors (Lipinski definition) is 1. The fraction of sp³-hybridized carbons (Fsp3) is 0.143. The molecule has 1 N–H and O–H groups in total. The summed E-state index contributed by atoms with van der Waals surface area (Å²) in [6.07, 6.45) is -3.57. The molecule has 1 aromatic carbocycles. The second-order valence-corrected chi connectivity index (χ2v) is 4.99. The molecule has 2 rings (SSSR count). The van der Waals surface area contributed by atoms with Gasteiger partial charge in [-0.1, -0.05) is 17.7 Å². The normalized spacial score (nSPS) is 11.0. The Morgan fingerprint density at radius 2 is 2.04 bits per heavy atom. The van der Waals surface area contributed by atoms with Gasteiger partial charge in [-0.2, -0.15) is 13.2 Å². The van der Waals surface area contributed by atoms with Crippen LogP contribution >= 0.6 is 11.6 Å². The van der Waals surface area contributed by atoms with Gasteiger partial charge in [0.05, 0.1) is 16.3 Å². The van der Waals surface area contributed by atoms with Crippen molar-refractivity contribution in [2.75, 3.05) is 11.9 Å². The Balaban J connectivity index is 2.14. The number of amides is 1. The zero-order valence-corrected chi connectivity index (χ0v) is 13.0. The highest BCUT2D eigenvalue weighted by atomic mass is 35.5. The molecular formula is C14H9ClF3N3O4. The van der Waals surface area contributed by atoms with E-state index in [2.05, 4.69) is 4.98 Å². The standard InChI is InChI=1S/C14H9ClF3N3O4/c15-9-4-1-3-8(14(16,17)18)12(9)20-11(22)7-25-10-5-2-6-19-13(10)21(23)24/h1-6H,7H2,(H,20,22). The number of halogens is 4. The molecule has 0 radical (unpaired) electrons. The fourth-order valence-electron chi connectivity index (χ4n) is 1.84. The summed E-state index contributed by atoms with van der Waals surface area (Å²) >= 11 is 5.71. The molecule has 132 valence electrons. The Labute approximate surface area is 143 Å². The molecule has 0 bridgehead atoms. The predicted molar refractivity (Wildman–Crippen MR) is 81.5 cm³/mol. The zero-order valence-electron chi connectivity index (χ0n) is 12.2. The second-order valence-electron chi connectivity index (χ2n) is 4.58. The fourth-order valence-corrected chi connectivity index (χ4v) is 2.06. The van der Waals surface area contributed by atoms with Gasteiger partial charge in [0, 0.05) is 0 Å². The van der Waals surface area contributed by atoms with Crippen LogP contribution < -0.4 is 10.1 Å². The third-order valence-electron chi connectivity index (χ3n) is 2.87. The molecule has 0 atom stereocenters. The number of benzene rings is 1. The van der Waals surface area contributed by atoms with Crippen LogP contribution in [0.25, 0.3) is 0 Å². The average molecular weight is 376 g/mol. The Kier molecular flexibility index (Phi) is 5.42. The number of nitrogens with zero attached hydrogens (tertiary/aromatic N) is 2. The van der Waals surface area contributed by atoms with E-state index < -0.39 is 40.7 Å². The summed E-state index contributed by atoms with van der Waals surface area (Å²) in [5.74, 6) is -1.89. The van der Waals surface area contributed by atoms with Crippen LogP contribution in [0.5, 0.6) is 5.75 Å². The molecule has 0 aliphatic carbocycles. The van der Waals surface area contributed by atoms with E-state index >= 15 is 0 Å². The Morgan fingerprint density at radius 3 is 2.68 bits per heavy atom. The first-order valence-electron chi connectivity index (χ1n) is 6.58. The van der Waals surface area contributed by atoms with Crippen molar-refractivity contribution in [2.45, 2.75) is 6.18 Å². The number of hydrogen-bond acceptors (Lipinski definition) is 5. The van der Waals surface area contributed by atoms with E-state index in [0.717, 1.165) is 18.3 Å². The number of anilines is 1. The van der Waals surface area contributed by atoms with E-state index in [9.17, 15) is 28.1 Å². The van der Waals surface area contributed by atoms with E-state index in [1.807, 2.05) is 5.32 Å². The quantitative estimate of drug-likeness (QED) is 0.635. The van der Waals surface area contributed by atoms with Gasteiger partial charge >= 0.3 is 12.0 Å². The van der Waals surface area contributed by atoms with Gasteiger partial charge in [0.2, 0.25) is 5.75 Å². The minimum Gasteiger partial charge on any atom is -0.476 e. The molecule has 2 aromatic rings. The van der Waals surface area contributed by atoms with E-state index in [-0.39, 0.29) is 10.8 Å². The number of rotatable bonds is 5. The van der Waals surface area contributed by atoms with Crippen LogP contribution in [0.3, 0.4) is 0 Å². The molecule has 1 heterocycles. The third-order valence-corrected chi connectivity index (χ3v) is 3.18. The first kappa shape index (κ1) is 18.5. The van der Waals surface area contributed by atoms with Crippen LogP contribution in [0.1, 0.15) is 5.56 Å². The van der Waals surface area contributed by atoms with Crippen molar-refractivity contribution < 1.29 is 27.6 Å². The molecule has 0 aliphatic heterocycles. The summed E-state index contributed by atoms with van der Waals surface area (Å²) in [4.78, 5) is 25.3. The Morgan fingerprint density at radius 1 is 1.32 bits per heavy atom. The number of para-hydroxylation sites is 1. The zero-order chi connectivity index (χ0) is 18.6. The molecule has 0 unspecified atom stereocenters. The highest BCUT2D eigenvalue weighted by Crippen LogP contribution is 2.38. The summed E-state index contributed by atoms with van der Waals surface area (Å²) in [5, 5.41) is 12.5. The molecular weight excluding hydrogens is 367 g/mol. The number of aromatic nitrogens is 1. The minimum atomic E-state index is -4.73. The van der Waals surface area contributed by atoms with Crippen LogP contribution in [0.2, 0.25) is 5.02 Å². The van der Waals surface area contributed by atoms with Gasteiger partial charge in [-0.25, -0.2) is 0 Å². The predicted octanol–water partition coefficient (Wildman–Crippen LogP) is 3.68. The maximum atomic E-state index is 12.9. The number of nitro groups is 1. The Hall–Kier alpha value is -2.88. The van der Waals surface area contributed by atoms with Crippen LogP contribution in [-0.2, 0) is 11.0 Å². The molecule has 0 aliphatic rings. The van der Waals surface area contributed by atoms with Crippen molar-refractivity contribution in [1.29, 1.82) is 0 Å². The monoisotopic (exact) mass is 375 g/mol. The van der Waals surface area contributed by atoms with Crippen LogP contribution in [0.4, 0.5) is 24.7 Å². The SMILES string of the molecule is O=C(COc1cccnc1[N+](=O)[O-])Nc1c(Cl)cccc1C(F)(F)F. The van der Waals surface area contributed by atoms with E-state index in [1.54, 1.807) is 0 Å². The van der Waals surface area contributed by atoms with Crippen molar-refractivity contribution in [3.63, 3.8) is 0 Å². The highest BCUT2D eigenvalue weighted by Gasteiger charge is 2.34. The highest BCUT2D eigenvalue weighted by molar-refractivity contribution is 6.34. The smallest absolute Gasteiger partial charge is 0.418 e. The van der Waals surface area contributed by atoms with E-state index in [4.69, 9.17) is 16.3 Å². The molecule has 11 heteroatoms. The minimum absolute atomic E-state index is 0.294. The average Bonchev–Trinajstić information content (AvgIpc) is 2.54. The van der Waals surface area contributed by atoms with Gasteiger partial charge in [0.1, 0.15) is 6.20 Å². The summed E-state index contributed by atoms with van der Waals surface area (Å²) in [5.41, 5.74) is -1.74. The molecule has 7 nitrogen and oxygen atoms in total. The van der Waals surface area contributed by atoms with Gasteiger partial charge in [0.15, 0.2) is 6.61 Å². The molecule has 0 saturated heterocycles. The van der Waals surface area contributed by atoms with Crippen LogP contribution in [0.15, 0.2) is 36.5 Å².